The van der Waals surface area contributed by atoms with Gasteiger partial charge in [0.15, 0.2) is 18.1 Å². The van der Waals surface area contributed by atoms with Crippen molar-refractivity contribution >= 4 is 75.4 Å². The molecular weight excluding hydrogens is 586 g/mol. The van der Waals surface area contributed by atoms with Crippen molar-refractivity contribution in [3.63, 3.8) is 0 Å². The fraction of sp³-hybridized carbons (Fsp3) is 0.238. The quantitative estimate of drug-likeness (QED) is 0.185. The molecule has 0 spiro atoms. The Balaban J connectivity index is 1.58. The van der Waals surface area contributed by atoms with Gasteiger partial charge in [0.2, 0.25) is 0 Å². The molecule has 3 rings (SSSR count). The van der Waals surface area contributed by atoms with Crippen molar-refractivity contribution < 1.29 is 23.9 Å². The van der Waals surface area contributed by atoms with Gasteiger partial charge < -0.3 is 20.1 Å². The summed E-state index contributed by atoms with van der Waals surface area (Å²) in [4.78, 5) is 35.6. The minimum atomic E-state index is -0.840. The van der Waals surface area contributed by atoms with Crippen molar-refractivity contribution in [1.82, 2.24) is 10.7 Å². The number of carbonyl (C=O) groups is 3. The van der Waals surface area contributed by atoms with Crippen molar-refractivity contribution in [2.75, 3.05) is 19.0 Å². The second-order valence-electron chi connectivity index (χ2n) is 6.95. The van der Waals surface area contributed by atoms with Crippen molar-refractivity contribution in [1.29, 1.82) is 0 Å². The van der Waals surface area contributed by atoms with Crippen LogP contribution in [0.2, 0.25) is 10.0 Å². The molecule has 0 aromatic heterocycles. The number of hydrogen-bond acceptors (Lipinski definition) is 6. The predicted octanol–water partition coefficient (Wildman–Crippen LogP) is 3.35. The van der Waals surface area contributed by atoms with Crippen LogP contribution >= 0.6 is 45.8 Å². The highest BCUT2D eigenvalue weighted by Gasteiger charge is 2.26. The molecule has 0 aliphatic heterocycles. The van der Waals surface area contributed by atoms with E-state index in [1.165, 1.54) is 19.4 Å². The van der Waals surface area contributed by atoms with Crippen LogP contribution in [0.3, 0.4) is 0 Å². The van der Waals surface area contributed by atoms with Crippen LogP contribution in [-0.4, -0.2) is 43.7 Å². The third kappa shape index (κ3) is 7.47. The molecule has 0 saturated heterocycles. The maximum atomic E-state index is 12.2. The number of carbonyl (C=O) groups excluding carboxylic acids is 3. The van der Waals surface area contributed by atoms with Crippen LogP contribution in [0.25, 0.3) is 0 Å². The number of ether oxygens (including phenoxy) is 2. The monoisotopic (exact) mass is 604 g/mol. The van der Waals surface area contributed by atoms with Gasteiger partial charge in [0.25, 0.3) is 5.91 Å². The van der Waals surface area contributed by atoms with E-state index in [1.807, 2.05) is 22.6 Å². The van der Waals surface area contributed by atoms with E-state index in [2.05, 4.69) is 21.2 Å². The normalized spacial score (nSPS) is 12.8. The Labute approximate surface area is 213 Å². The third-order valence-corrected chi connectivity index (χ3v) is 5.84. The van der Waals surface area contributed by atoms with Gasteiger partial charge in [0, 0.05) is 11.7 Å². The molecule has 0 heterocycles. The van der Waals surface area contributed by atoms with Crippen LogP contribution in [0.15, 0.2) is 35.4 Å². The van der Waals surface area contributed by atoms with Gasteiger partial charge in [0.1, 0.15) is 0 Å². The van der Waals surface area contributed by atoms with Gasteiger partial charge in [-0.05, 0) is 71.3 Å². The minimum absolute atomic E-state index is 0.0803. The maximum Gasteiger partial charge on any atom is 0.329 e. The maximum absolute atomic E-state index is 12.2. The molecule has 3 N–H and O–H groups in total. The molecule has 1 aliphatic rings. The molecule has 1 saturated carbocycles. The van der Waals surface area contributed by atoms with E-state index >= 15 is 0 Å². The molecule has 9 nitrogen and oxygen atoms in total. The van der Waals surface area contributed by atoms with Crippen LogP contribution in [0, 0.1) is 3.57 Å². The average Bonchev–Trinajstić information content (AvgIpc) is 3.59. The van der Waals surface area contributed by atoms with E-state index in [-0.39, 0.29) is 12.6 Å². The van der Waals surface area contributed by atoms with Crippen molar-refractivity contribution in [2.45, 2.75) is 18.9 Å². The Morgan fingerprint density at radius 2 is 1.91 bits per heavy atom. The fourth-order valence-corrected chi connectivity index (χ4v) is 3.64. The highest BCUT2D eigenvalue weighted by Crippen LogP contribution is 2.33. The van der Waals surface area contributed by atoms with E-state index in [9.17, 15) is 14.4 Å². The standard InChI is InChI=1S/C21H19Cl2IN4O5/c1-32-17-7-11(9-25-28-21(31)20(30)27-12-2-3-12)6-16(24)19(17)33-10-18(29)26-13-4-5-14(22)15(23)8-13/h4-9,12H,2-3,10H2,1H3,(H,26,29)(H,27,30)(H,28,31)/b25-9-. The third-order valence-electron chi connectivity index (χ3n) is 4.30. The minimum Gasteiger partial charge on any atom is -0.493 e. The zero-order valence-corrected chi connectivity index (χ0v) is 21.0. The predicted molar refractivity (Wildman–Crippen MR) is 133 cm³/mol. The number of benzene rings is 2. The van der Waals surface area contributed by atoms with Crippen LogP contribution in [-0.2, 0) is 14.4 Å². The molecule has 0 radical (unpaired) electrons. The van der Waals surface area contributed by atoms with E-state index in [1.54, 1.807) is 24.3 Å². The molecular formula is C21H19Cl2IN4O5. The van der Waals surface area contributed by atoms with Crippen LogP contribution in [0.5, 0.6) is 11.5 Å². The molecule has 3 amide bonds. The van der Waals surface area contributed by atoms with Crippen molar-refractivity contribution in [3.8, 4) is 11.5 Å². The number of amides is 3. The first-order valence-electron chi connectivity index (χ1n) is 9.66. The molecule has 33 heavy (non-hydrogen) atoms. The van der Waals surface area contributed by atoms with Crippen LogP contribution < -0.4 is 25.5 Å². The lowest BCUT2D eigenvalue weighted by Gasteiger charge is -2.13. The molecule has 0 atom stereocenters. The van der Waals surface area contributed by atoms with Gasteiger partial charge in [-0.25, -0.2) is 5.43 Å². The summed E-state index contributed by atoms with van der Waals surface area (Å²) in [6.45, 7) is -0.272. The van der Waals surface area contributed by atoms with E-state index in [0.717, 1.165) is 12.8 Å². The molecule has 1 fully saturated rings. The van der Waals surface area contributed by atoms with E-state index < -0.39 is 17.7 Å². The molecule has 0 unspecified atom stereocenters. The molecule has 0 bridgehead atoms. The highest BCUT2D eigenvalue weighted by molar-refractivity contribution is 14.1. The number of anilines is 1. The summed E-state index contributed by atoms with van der Waals surface area (Å²) >= 11 is 13.8. The summed E-state index contributed by atoms with van der Waals surface area (Å²) in [5, 5.41) is 9.75. The lowest BCUT2D eigenvalue weighted by molar-refractivity contribution is -0.139. The summed E-state index contributed by atoms with van der Waals surface area (Å²) in [5.74, 6) is -1.22. The zero-order chi connectivity index (χ0) is 24.0. The number of rotatable bonds is 8. The van der Waals surface area contributed by atoms with Gasteiger partial charge in [0.05, 0.1) is 26.9 Å². The highest BCUT2D eigenvalue weighted by atomic mass is 127. The van der Waals surface area contributed by atoms with Crippen LogP contribution in [0.4, 0.5) is 5.69 Å². The van der Waals surface area contributed by atoms with Crippen molar-refractivity contribution in [3.05, 3.63) is 49.5 Å². The first-order valence-corrected chi connectivity index (χ1v) is 11.5. The molecule has 12 heteroatoms. The molecule has 2 aromatic rings. The topological polar surface area (TPSA) is 118 Å². The number of hydrogen-bond donors (Lipinski definition) is 3. The molecule has 174 valence electrons. The summed E-state index contributed by atoms with van der Waals surface area (Å²) in [6.07, 6.45) is 3.13. The van der Waals surface area contributed by atoms with Gasteiger partial charge in [-0.1, -0.05) is 23.2 Å². The number of nitrogens with one attached hydrogen (secondary N) is 3. The van der Waals surface area contributed by atoms with Gasteiger partial charge in [-0.15, -0.1) is 0 Å². The second kappa shape index (κ2) is 11.5. The van der Waals surface area contributed by atoms with Gasteiger partial charge in [-0.2, -0.15) is 5.10 Å². The summed E-state index contributed by atoms with van der Waals surface area (Å²) in [5.41, 5.74) is 3.25. The van der Waals surface area contributed by atoms with Crippen LogP contribution in [0.1, 0.15) is 18.4 Å². The largest absolute Gasteiger partial charge is 0.493 e. The summed E-state index contributed by atoms with van der Waals surface area (Å²) < 4.78 is 11.7. The summed E-state index contributed by atoms with van der Waals surface area (Å²) in [6, 6.07) is 8.16. The Morgan fingerprint density at radius 1 is 1.15 bits per heavy atom. The fourth-order valence-electron chi connectivity index (χ4n) is 2.56. The smallest absolute Gasteiger partial charge is 0.329 e. The first kappa shape index (κ1) is 25.1. The lowest BCUT2D eigenvalue weighted by Crippen LogP contribution is -2.38. The first-order chi connectivity index (χ1) is 15.8. The molecule has 2 aromatic carbocycles. The average molecular weight is 605 g/mol. The zero-order valence-electron chi connectivity index (χ0n) is 17.3. The Hall–Kier alpha value is -2.57. The van der Waals surface area contributed by atoms with E-state index in [4.69, 9.17) is 32.7 Å². The number of nitrogens with zero attached hydrogens (tertiary/aromatic N) is 1. The van der Waals surface area contributed by atoms with E-state index in [0.29, 0.717) is 36.4 Å². The Kier molecular flexibility index (Phi) is 8.75. The second-order valence-corrected chi connectivity index (χ2v) is 8.92. The number of methoxy groups -OCH3 is 1. The van der Waals surface area contributed by atoms with Gasteiger partial charge in [-0.3, -0.25) is 14.4 Å². The van der Waals surface area contributed by atoms with Crippen molar-refractivity contribution in [2.24, 2.45) is 5.10 Å². The molecule has 1 aliphatic carbocycles. The number of halogens is 3. The SMILES string of the molecule is COc1cc(/C=N\NC(=O)C(=O)NC2CC2)cc(I)c1OCC(=O)Nc1ccc(Cl)c(Cl)c1. The summed E-state index contributed by atoms with van der Waals surface area (Å²) in [7, 11) is 1.46. The Morgan fingerprint density at radius 3 is 2.58 bits per heavy atom. The van der Waals surface area contributed by atoms with Gasteiger partial charge >= 0.3 is 11.8 Å². The Bertz CT molecular complexity index is 1110. The number of hydrazone groups is 1. The lowest BCUT2D eigenvalue weighted by atomic mass is 10.2.